The number of hydrogen-bond donors (Lipinski definition) is 1. The molecule has 0 spiro atoms. The van der Waals surface area contributed by atoms with Crippen molar-refractivity contribution in [2.75, 3.05) is 13.2 Å². The van der Waals surface area contributed by atoms with E-state index < -0.39 is 0 Å². The van der Waals surface area contributed by atoms with E-state index in [9.17, 15) is 9.90 Å². The standard InChI is InChI=1S/C16H19NO3S2/c1-3-5-8-17-15(19)14(22-16(17)21)10-11-6-7-12(18)13(9-11)20-4-2/h6-7,9-10,18H,3-5,8H2,1-2H3/b14-10-. The minimum Gasteiger partial charge on any atom is -0.504 e. The molecule has 1 aliphatic heterocycles. The summed E-state index contributed by atoms with van der Waals surface area (Å²) in [6.45, 7) is 5.07. The largest absolute Gasteiger partial charge is 0.504 e. The third-order valence-corrected chi connectivity index (χ3v) is 4.57. The number of thioether (sulfide) groups is 1. The van der Waals surface area contributed by atoms with Gasteiger partial charge in [0.05, 0.1) is 11.5 Å². The Bertz CT molecular complexity index is 613. The number of carbonyl (C=O) groups excluding carboxylic acids is 1. The molecule has 0 aromatic heterocycles. The molecule has 0 aliphatic carbocycles. The Hall–Kier alpha value is -1.53. The number of carbonyl (C=O) groups is 1. The van der Waals surface area contributed by atoms with Gasteiger partial charge < -0.3 is 9.84 Å². The summed E-state index contributed by atoms with van der Waals surface area (Å²) >= 11 is 6.59. The third kappa shape index (κ3) is 3.81. The Kier molecular flexibility index (Phi) is 5.85. The van der Waals surface area contributed by atoms with Gasteiger partial charge in [0.2, 0.25) is 0 Å². The monoisotopic (exact) mass is 337 g/mol. The molecule has 1 fully saturated rings. The maximum Gasteiger partial charge on any atom is 0.266 e. The molecule has 1 aromatic rings. The minimum absolute atomic E-state index is 0.0468. The number of rotatable bonds is 6. The first-order valence-corrected chi connectivity index (χ1v) is 8.50. The minimum atomic E-state index is -0.0468. The van der Waals surface area contributed by atoms with Gasteiger partial charge in [-0.1, -0.05) is 43.4 Å². The molecule has 1 amide bonds. The number of aromatic hydroxyl groups is 1. The zero-order chi connectivity index (χ0) is 16.1. The topological polar surface area (TPSA) is 49.8 Å². The van der Waals surface area contributed by atoms with Gasteiger partial charge in [0, 0.05) is 6.54 Å². The normalized spacial score (nSPS) is 16.6. The summed E-state index contributed by atoms with van der Waals surface area (Å²) in [5, 5.41) is 9.71. The smallest absolute Gasteiger partial charge is 0.266 e. The van der Waals surface area contributed by atoms with E-state index >= 15 is 0 Å². The van der Waals surface area contributed by atoms with Crippen LogP contribution in [-0.4, -0.2) is 33.4 Å². The lowest BCUT2D eigenvalue weighted by Gasteiger charge is -2.13. The molecule has 0 radical (unpaired) electrons. The molecule has 4 nitrogen and oxygen atoms in total. The lowest BCUT2D eigenvalue weighted by Crippen LogP contribution is -2.28. The summed E-state index contributed by atoms with van der Waals surface area (Å²) in [7, 11) is 0. The number of benzene rings is 1. The van der Waals surface area contributed by atoms with Crippen LogP contribution in [-0.2, 0) is 4.79 Å². The highest BCUT2D eigenvalue weighted by Gasteiger charge is 2.31. The molecular formula is C16H19NO3S2. The van der Waals surface area contributed by atoms with Crippen LogP contribution in [0.4, 0.5) is 0 Å². The van der Waals surface area contributed by atoms with Crippen LogP contribution in [0.15, 0.2) is 23.1 Å². The summed E-state index contributed by atoms with van der Waals surface area (Å²) in [6.07, 6.45) is 3.74. The number of phenolic OH excluding ortho intramolecular Hbond substituents is 1. The lowest BCUT2D eigenvalue weighted by atomic mass is 10.2. The van der Waals surface area contributed by atoms with Crippen molar-refractivity contribution in [3.05, 3.63) is 28.7 Å². The summed E-state index contributed by atoms with van der Waals surface area (Å²) < 4.78 is 5.96. The van der Waals surface area contributed by atoms with Crippen molar-refractivity contribution >= 4 is 40.3 Å². The van der Waals surface area contributed by atoms with E-state index in [2.05, 4.69) is 6.92 Å². The first-order valence-electron chi connectivity index (χ1n) is 7.28. The van der Waals surface area contributed by atoms with Crippen molar-refractivity contribution in [3.8, 4) is 11.5 Å². The number of unbranched alkanes of at least 4 members (excludes halogenated alkanes) is 1. The molecule has 1 aromatic carbocycles. The van der Waals surface area contributed by atoms with Crippen molar-refractivity contribution in [2.45, 2.75) is 26.7 Å². The fourth-order valence-corrected chi connectivity index (χ4v) is 3.36. The quantitative estimate of drug-likeness (QED) is 0.632. The van der Waals surface area contributed by atoms with E-state index in [1.807, 2.05) is 6.92 Å². The first kappa shape index (κ1) is 16.8. The van der Waals surface area contributed by atoms with Crippen LogP contribution in [0.5, 0.6) is 11.5 Å². The van der Waals surface area contributed by atoms with Crippen LogP contribution >= 0.6 is 24.0 Å². The van der Waals surface area contributed by atoms with Gasteiger partial charge in [0.15, 0.2) is 11.5 Å². The second-order valence-corrected chi connectivity index (χ2v) is 6.52. The van der Waals surface area contributed by atoms with E-state index in [0.29, 0.717) is 28.1 Å². The van der Waals surface area contributed by atoms with Gasteiger partial charge >= 0.3 is 0 Å². The molecule has 1 N–H and O–H groups in total. The fourth-order valence-electron chi connectivity index (χ4n) is 2.05. The van der Waals surface area contributed by atoms with Gasteiger partial charge in [-0.25, -0.2) is 0 Å². The Balaban J connectivity index is 2.21. The maximum absolute atomic E-state index is 12.4. The average molecular weight is 337 g/mol. The van der Waals surface area contributed by atoms with E-state index in [1.54, 1.807) is 29.2 Å². The molecule has 0 atom stereocenters. The Morgan fingerprint density at radius 2 is 2.18 bits per heavy atom. The lowest BCUT2D eigenvalue weighted by molar-refractivity contribution is -0.122. The summed E-state index contributed by atoms with van der Waals surface area (Å²) in [5.41, 5.74) is 0.803. The second kappa shape index (κ2) is 7.65. The third-order valence-electron chi connectivity index (χ3n) is 3.19. The van der Waals surface area contributed by atoms with Crippen molar-refractivity contribution in [1.82, 2.24) is 4.90 Å². The Labute approximate surface area is 140 Å². The molecule has 118 valence electrons. The molecule has 1 saturated heterocycles. The number of amides is 1. The number of thiocarbonyl (C=S) groups is 1. The molecule has 0 unspecified atom stereocenters. The van der Waals surface area contributed by atoms with Crippen LogP contribution in [0, 0.1) is 0 Å². The molecule has 22 heavy (non-hydrogen) atoms. The summed E-state index contributed by atoms with van der Waals surface area (Å²) in [6, 6.07) is 5.03. The van der Waals surface area contributed by atoms with E-state index in [-0.39, 0.29) is 11.7 Å². The van der Waals surface area contributed by atoms with Gasteiger partial charge in [-0.15, -0.1) is 0 Å². The molecule has 1 heterocycles. The molecule has 2 rings (SSSR count). The molecule has 6 heteroatoms. The van der Waals surface area contributed by atoms with Gasteiger partial charge in [0.25, 0.3) is 5.91 Å². The van der Waals surface area contributed by atoms with Gasteiger partial charge in [-0.05, 0) is 37.1 Å². The molecule has 1 aliphatic rings. The predicted octanol–water partition coefficient (Wildman–Crippen LogP) is 3.79. The highest BCUT2D eigenvalue weighted by molar-refractivity contribution is 8.26. The summed E-state index contributed by atoms with van der Waals surface area (Å²) in [5.74, 6) is 0.460. The van der Waals surface area contributed by atoms with Gasteiger partial charge in [0.1, 0.15) is 4.32 Å². The van der Waals surface area contributed by atoms with Crippen LogP contribution in [0.1, 0.15) is 32.3 Å². The summed E-state index contributed by atoms with van der Waals surface area (Å²) in [4.78, 5) is 14.6. The highest BCUT2D eigenvalue weighted by atomic mass is 32.2. The van der Waals surface area contributed by atoms with Gasteiger partial charge in [-0.2, -0.15) is 0 Å². The number of ether oxygens (including phenoxy) is 1. The number of nitrogens with zero attached hydrogens (tertiary/aromatic N) is 1. The van der Waals surface area contributed by atoms with Crippen molar-refractivity contribution in [1.29, 1.82) is 0 Å². The van der Waals surface area contributed by atoms with Crippen LogP contribution in [0.2, 0.25) is 0 Å². The van der Waals surface area contributed by atoms with Crippen LogP contribution in [0.25, 0.3) is 6.08 Å². The second-order valence-electron chi connectivity index (χ2n) is 4.85. The van der Waals surface area contributed by atoms with E-state index in [1.165, 1.54) is 11.8 Å². The zero-order valence-corrected chi connectivity index (χ0v) is 14.3. The zero-order valence-electron chi connectivity index (χ0n) is 12.7. The maximum atomic E-state index is 12.4. The van der Waals surface area contributed by atoms with E-state index in [0.717, 1.165) is 18.4 Å². The number of hydrogen-bond acceptors (Lipinski definition) is 5. The van der Waals surface area contributed by atoms with Crippen molar-refractivity contribution in [2.24, 2.45) is 0 Å². The number of phenols is 1. The predicted molar refractivity (Wildman–Crippen MR) is 94.1 cm³/mol. The van der Waals surface area contributed by atoms with Crippen molar-refractivity contribution < 1.29 is 14.6 Å². The average Bonchev–Trinajstić information content (AvgIpc) is 2.75. The van der Waals surface area contributed by atoms with E-state index in [4.69, 9.17) is 17.0 Å². The first-order chi connectivity index (χ1) is 10.6. The van der Waals surface area contributed by atoms with Crippen LogP contribution < -0.4 is 4.74 Å². The van der Waals surface area contributed by atoms with Gasteiger partial charge in [-0.3, -0.25) is 9.69 Å². The molecule has 0 bridgehead atoms. The Morgan fingerprint density at radius 3 is 2.86 bits per heavy atom. The Morgan fingerprint density at radius 1 is 1.41 bits per heavy atom. The molecule has 0 saturated carbocycles. The van der Waals surface area contributed by atoms with Crippen LogP contribution in [0.3, 0.4) is 0 Å². The van der Waals surface area contributed by atoms with Crippen molar-refractivity contribution in [3.63, 3.8) is 0 Å². The molecular weight excluding hydrogens is 318 g/mol. The highest BCUT2D eigenvalue weighted by Crippen LogP contribution is 2.34. The fraction of sp³-hybridized carbons (Fsp3) is 0.375. The SMILES string of the molecule is CCCCN1C(=O)/C(=C/c2ccc(O)c(OCC)c2)SC1=S.